The Hall–Kier alpha value is -1.82. The fourth-order valence-electron chi connectivity index (χ4n) is 3.81. The first kappa shape index (κ1) is 15.1. The predicted octanol–water partition coefficient (Wildman–Crippen LogP) is 2.28. The first-order valence-electron chi connectivity index (χ1n) is 7.75. The monoisotopic (exact) mass is 307 g/mol. The highest BCUT2D eigenvalue weighted by atomic mass is 16.5. The Labute approximate surface area is 129 Å². The zero-order chi connectivity index (χ0) is 15.7. The molecule has 6 heteroatoms. The molecule has 2 heterocycles. The third-order valence-electron chi connectivity index (χ3n) is 4.77. The summed E-state index contributed by atoms with van der Waals surface area (Å²) < 4.78 is 10.5. The lowest BCUT2D eigenvalue weighted by Gasteiger charge is -2.32. The first-order chi connectivity index (χ1) is 10.6. The van der Waals surface area contributed by atoms with Crippen LogP contribution in [0.4, 0.5) is 0 Å². The van der Waals surface area contributed by atoms with Crippen molar-refractivity contribution >= 4 is 11.9 Å². The third-order valence-corrected chi connectivity index (χ3v) is 4.77. The van der Waals surface area contributed by atoms with E-state index in [1.54, 1.807) is 24.1 Å². The van der Waals surface area contributed by atoms with Gasteiger partial charge in [-0.05, 0) is 37.3 Å². The number of aliphatic carboxylic acids is 1. The summed E-state index contributed by atoms with van der Waals surface area (Å²) in [5.74, 6) is -0.176. The number of ether oxygens (including phenoxy) is 1. The van der Waals surface area contributed by atoms with Crippen LogP contribution in [0.25, 0.3) is 0 Å². The summed E-state index contributed by atoms with van der Waals surface area (Å²) in [6, 6.07) is 2.59. The molecule has 6 nitrogen and oxygen atoms in total. The van der Waals surface area contributed by atoms with Gasteiger partial charge < -0.3 is 19.2 Å². The third kappa shape index (κ3) is 2.63. The Kier molecular flexibility index (Phi) is 4.20. The van der Waals surface area contributed by atoms with Crippen LogP contribution >= 0.6 is 0 Å². The van der Waals surface area contributed by atoms with Gasteiger partial charge >= 0.3 is 5.97 Å². The standard InChI is InChI=1S/C16H21NO5/c1-21-9-11-6-7-14(22-11)15(18)17-12-5-3-2-4-10(12)8-13(17)16(19)20/h6-7,10,12-13H,2-5,8-9H2,1H3,(H,19,20)/t10-,12+,13-/m0/s1. The molecular weight excluding hydrogens is 286 g/mol. The van der Waals surface area contributed by atoms with Crippen LogP contribution in [0.1, 0.15) is 48.4 Å². The van der Waals surface area contributed by atoms with E-state index >= 15 is 0 Å². The molecule has 3 atom stereocenters. The molecule has 0 aromatic carbocycles. The molecule has 120 valence electrons. The fraction of sp³-hybridized carbons (Fsp3) is 0.625. The van der Waals surface area contributed by atoms with E-state index in [1.165, 1.54) is 0 Å². The summed E-state index contributed by atoms with van der Waals surface area (Å²) in [7, 11) is 1.55. The second kappa shape index (κ2) is 6.12. The average molecular weight is 307 g/mol. The normalized spacial score (nSPS) is 27.7. The van der Waals surface area contributed by atoms with E-state index < -0.39 is 12.0 Å². The molecular formula is C16H21NO5. The largest absolute Gasteiger partial charge is 0.480 e. The molecule has 3 rings (SSSR count). The van der Waals surface area contributed by atoms with E-state index in [1.807, 2.05) is 0 Å². The predicted molar refractivity (Wildman–Crippen MR) is 77.4 cm³/mol. The van der Waals surface area contributed by atoms with Crippen molar-refractivity contribution in [3.05, 3.63) is 23.7 Å². The number of methoxy groups -OCH3 is 1. The van der Waals surface area contributed by atoms with Gasteiger partial charge in [-0.25, -0.2) is 4.79 Å². The number of hydrogen-bond acceptors (Lipinski definition) is 4. The summed E-state index contributed by atoms with van der Waals surface area (Å²) >= 11 is 0. The minimum atomic E-state index is -0.925. The number of carboxylic acid groups (broad SMARTS) is 1. The molecule has 0 spiro atoms. The van der Waals surface area contributed by atoms with Crippen molar-refractivity contribution in [3.63, 3.8) is 0 Å². The van der Waals surface area contributed by atoms with Gasteiger partial charge in [0.1, 0.15) is 18.4 Å². The van der Waals surface area contributed by atoms with Crippen LogP contribution in [0.5, 0.6) is 0 Å². The molecule has 1 amide bonds. The van der Waals surface area contributed by atoms with E-state index in [4.69, 9.17) is 9.15 Å². The molecule has 2 aliphatic rings. The van der Waals surface area contributed by atoms with E-state index in [0.717, 1.165) is 25.7 Å². The van der Waals surface area contributed by atoms with E-state index in [2.05, 4.69) is 0 Å². The Morgan fingerprint density at radius 1 is 1.36 bits per heavy atom. The van der Waals surface area contributed by atoms with Gasteiger partial charge in [-0.1, -0.05) is 12.8 Å². The van der Waals surface area contributed by atoms with Gasteiger partial charge in [-0.15, -0.1) is 0 Å². The summed E-state index contributed by atoms with van der Waals surface area (Å²) in [5.41, 5.74) is 0. The molecule has 0 unspecified atom stereocenters. The second-order valence-corrected chi connectivity index (χ2v) is 6.11. The Morgan fingerprint density at radius 2 is 2.14 bits per heavy atom. The summed E-state index contributed by atoms with van der Waals surface area (Å²) in [6.07, 6.45) is 4.60. The van der Waals surface area contributed by atoms with Gasteiger partial charge in [0.15, 0.2) is 5.76 Å². The molecule has 1 aliphatic carbocycles. The number of rotatable bonds is 4. The number of amides is 1. The molecule has 1 aliphatic heterocycles. The van der Waals surface area contributed by atoms with Crippen LogP contribution < -0.4 is 0 Å². The number of nitrogens with zero attached hydrogens (tertiary/aromatic N) is 1. The minimum Gasteiger partial charge on any atom is -0.480 e. The van der Waals surface area contributed by atoms with Crippen LogP contribution in [0.3, 0.4) is 0 Å². The molecule has 1 saturated carbocycles. The highest BCUT2D eigenvalue weighted by Crippen LogP contribution is 2.40. The number of likely N-dealkylation sites (tertiary alicyclic amines) is 1. The van der Waals surface area contributed by atoms with Gasteiger partial charge in [0.05, 0.1) is 0 Å². The van der Waals surface area contributed by atoms with Crippen molar-refractivity contribution in [2.45, 2.75) is 50.8 Å². The SMILES string of the molecule is COCc1ccc(C(=O)N2[C@@H]3CCCC[C@H]3C[C@H]2C(=O)O)o1. The molecule has 0 bridgehead atoms. The van der Waals surface area contributed by atoms with Crippen molar-refractivity contribution < 1.29 is 23.8 Å². The molecule has 0 radical (unpaired) electrons. The van der Waals surface area contributed by atoms with Gasteiger partial charge in [0.2, 0.25) is 0 Å². The van der Waals surface area contributed by atoms with Gasteiger partial charge in [-0.3, -0.25) is 4.79 Å². The molecule has 1 aromatic heterocycles. The van der Waals surface area contributed by atoms with E-state index in [-0.39, 0.29) is 17.7 Å². The lowest BCUT2D eigenvalue weighted by molar-refractivity contribution is -0.141. The number of carbonyl (C=O) groups excluding carboxylic acids is 1. The molecule has 2 fully saturated rings. The van der Waals surface area contributed by atoms with Crippen molar-refractivity contribution in [2.75, 3.05) is 7.11 Å². The quantitative estimate of drug-likeness (QED) is 0.923. The van der Waals surface area contributed by atoms with Gasteiger partial charge in [0, 0.05) is 13.2 Å². The number of hydrogen-bond donors (Lipinski definition) is 1. The van der Waals surface area contributed by atoms with E-state index in [9.17, 15) is 14.7 Å². The van der Waals surface area contributed by atoms with E-state index in [0.29, 0.717) is 24.7 Å². The van der Waals surface area contributed by atoms with Crippen LogP contribution in [0.2, 0.25) is 0 Å². The van der Waals surface area contributed by atoms with Crippen LogP contribution in [-0.2, 0) is 16.1 Å². The van der Waals surface area contributed by atoms with Gasteiger partial charge in [-0.2, -0.15) is 0 Å². The molecule has 1 N–H and O–H groups in total. The van der Waals surface area contributed by atoms with Crippen LogP contribution in [-0.4, -0.2) is 41.1 Å². The maximum atomic E-state index is 12.8. The highest BCUT2D eigenvalue weighted by molar-refractivity contribution is 5.95. The summed E-state index contributed by atoms with van der Waals surface area (Å²) in [4.78, 5) is 25.9. The Morgan fingerprint density at radius 3 is 2.86 bits per heavy atom. The lowest BCUT2D eigenvalue weighted by Crippen LogP contribution is -2.46. The molecule has 1 aromatic rings. The van der Waals surface area contributed by atoms with Crippen molar-refractivity contribution in [3.8, 4) is 0 Å². The zero-order valence-electron chi connectivity index (χ0n) is 12.7. The van der Waals surface area contributed by atoms with Crippen molar-refractivity contribution in [1.29, 1.82) is 0 Å². The topological polar surface area (TPSA) is 80.0 Å². The lowest BCUT2D eigenvalue weighted by atomic mass is 9.84. The van der Waals surface area contributed by atoms with Gasteiger partial charge in [0.25, 0.3) is 5.91 Å². The Bertz CT molecular complexity index is 567. The smallest absolute Gasteiger partial charge is 0.326 e. The molecule has 22 heavy (non-hydrogen) atoms. The maximum absolute atomic E-state index is 12.8. The second-order valence-electron chi connectivity index (χ2n) is 6.11. The van der Waals surface area contributed by atoms with Crippen molar-refractivity contribution in [2.24, 2.45) is 5.92 Å². The number of carboxylic acids is 1. The molecule has 1 saturated heterocycles. The minimum absolute atomic E-state index is 0.0262. The zero-order valence-corrected chi connectivity index (χ0v) is 12.7. The number of carbonyl (C=O) groups is 2. The summed E-state index contributed by atoms with van der Waals surface area (Å²) in [6.45, 7) is 0.293. The average Bonchev–Trinajstić information content (AvgIpc) is 3.11. The fourth-order valence-corrected chi connectivity index (χ4v) is 3.81. The van der Waals surface area contributed by atoms with Crippen LogP contribution in [0, 0.1) is 5.92 Å². The van der Waals surface area contributed by atoms with Crippen LogP contribution in [0.15, 0.2) is 16.5 Å². The first-order valence-corrected chi connectivity index (χ1v) is 7.75. The van der Waals surface area contributed by atoms with Crippen molar-refractivity contribution in [1.82, 2.24) is 4.90 Å². The summed E-state index contributed by atoms with van der Waals surface area (Å²) in [5, 5.41) is 9.47. The highest BCUT2D eigenvalue weighted by Gasteiger charge is 2.48. The Balaban J connectivity index is 1.85. The number of furan rings is 1. The maximum Gasteiger partial charge on any atom is 0.326 e. The number of fused-ring (bicyclic) bond motifs is 1.